The van der Waals surface area contributed by atoms with E-state index in [0.717, 1.165) is 6.42 Å². The molecule has 0 saturated carbocycles. The molecule has 0 radical (unpaired) electrons. The van der Waals surface area contributed by atoms with Gasteiger partial charge in [-0.1, -0.05) is 43.4 Å². The summed E-state index contributed by atoms with van der Waals surface area (Å²) in [6.45, 7) is 4.21. The van der Waals surface area contributed by atoms with Crippen LogP contribution in [0.2, 0.25) is 0 Å². The normalized spacial score (nSPS) is 12.2. The first kappa shape index (κ1) is 12.1. The van der Waals surface area contributed by atoms with Crippen LogP contribution in [0, 0.1) is 0 Å². The molecular weight excluding hydrogens is 225 g/mol. The summed E-state index contributed by atoms with van der Waals surface area (Å²) in [5.41, 5.74) is 3.79. The summed E-state index contributed by atoms with van der Waals surface area (Å²) in [6.07, 6.45) is 9.72. The molecule has 1 nitrogen and oxygen atoms in total. The van der Waals surface area contributed by atoms with E-state index in [0.29, 0.717) is 0 Å². The number of hydrogen-bond acceptors (Lipinski definition) is 0. The van der Waals surface area contributed by atoms with Crippen molar-refractivity contribution >= 4 is 32.4 Å². The van der Waals surface area contributed by atoms with E-state index in [1.54, 1.807) is 0 Å². The predicted octanol–water partition coefficient (Wildman–Crippen LogP) is 4.74. The van der Waals surface area contributed by atoms with Gasteiger partial charge < -0.3 is 4.34 Å². The Labute approximate surface area is 105 Å². The molecule has 0 bridgehead atoms. The third-order valence-corrected chi connectivity index (χ3v) is 3.39. The Bertz CT molecular complexity index is 576. The Kier molecular flexibility index (Phi) is 3.81. The lowest BCUT2D eigenvalue weighted by atomic mass is 10.1. The zero-order chi connectivity index (χ0) is 12.3. The Morgan fingerprint density at radius 3 is 2.71 bits per heavy atom. The molecule has 88 valence electrons. The summed E-state index contributed by atoms with van der Waals surface area (Å²) in [6, 6.07) is 8.50. The summed E-state index contributed by atoms with van der Waals surface area (Å²) < 4.78 is 2.18. The van der Waals surface area contributed by atoms with E-state index in [1.165, 1.54) is 22.2 Å². The van der Waals surface area contributed by atoms with E-state index < -0.39 is 0 Å². The van der Waals surface area contributed by atoms with Crippen molar-refractivity contribution in [3.8, 4) is 0 Å². The van der Waals surface area contributed by atoms with Gasteiger partial charge >= 0.3 is 0 Å². The van der Waals surface area contributed by atoms with Gasteiger partial charge in [-0.25, -0.2) is 0 Å². The van der Waals surface area contributed by atoms with Crippen LogP contribution >= 0.6 is 9.39 Å². The number of nitrogens with zero attached hydrogens (tertiary/aromatic N) is 1. The molecule has 1 heterocycles. The topological polar surface area (TPSA) is 4.93 Å². The van der Waals surface area contributed by atoms with Gasteiger partial charge in [0.15, 0.2) is 0 Å². The maximum absolute atomic E-state index is 2.80. The number of aromatic nitrogens is 1. The fourth-order valence-corrected chi connectivity index (χ4v) is 2.50. The lowest BCUT2D eigenvalue weighted by molar-refractivity contribution is 1.22. The number of para-hydroxylation sites is 1. The fraction of sp³-hybridized carbons (Fsp3) is 0.200. The van der Waals surface area contributed by atoms with E-state index in [9.17, 15) is 0 Å². The molecule has 0 fully saturated rings. The molecule has 1 aromatic heterocycles. The molecule has 0 aliphatic rings. The van der Waals surface area contributed by atoms with Crippen molar-refractivity contribution < 1.29 is 0 Å². The van der Waals surface area contributed by atoms with Crippen LogP contribution in [0.1, 0.15) is 31.5 Å². The van der Waals surface area contributed by atoms with Crippen molar-refractivity contribution in [2.75, 3.05) is 0 Å². The molecule has 17 heavy (non-hydrogen) atoms. The van der Waals surface area contributed by atoms with Crippen molar-refractivity contribution in [3.05, 3.63) is 47.7 Å². The molecule has 0 spiro atoms. The first-order valence-electron chi connectivity index (χ1n) is 5.97. The molecule has 1 unspecified atom stereocenters. The van der Waals surface area contributed by atoms with Crippen LogP contribution in [0.3, 0.4) is 0 Å². The van der Waals surface area contributed by atoms with E-state index in [-0.39, 0.29) is 0 Å². The van der Waals surface area contributed by atoms with Crippen molar-refractivity contribution in [3.63, 3.8) is 0 Å². The largest absolute Gasteiger partial charge is 0.325 e. The van der Waals surface area contributed by atoms with Gasteiger partial charge in [-0.2, -0.15) is 0 Å². The van der Waals surface area contributed by atoms with E-state index >= 15 is 0 Å². The third kappa shape index (κ3) is 2.21. The Hall–Kier alpha value is -1.33. The van der Waals surface area contributed by atoms with Gasteiger partial charge in [0.2, 0.25) is 0 Å². The van der Waals surface area contributed by atoms with E-state index in [2.05, 4.69) is 76.1 Å². The Balaban J connectivity index is 2.75. The molecule has 2 aromatic rings. The molecule has 2 heteroatoms. The highest BCUT2D eigenvalue weighted by Gasteiger charge is 2.09. The number of rotatable bonds is 3. The first-order valence-corrected chi connectivity index (χ1v) is 6.49. The van der Waals surface area contributed by atoms with Crippen LogP contribution in [0.4, 0.5) is 0 Å². The summed E-state index contributed by atoms with van der Waals surface area (Å²) >= 11 is 0. The minimum Gasteiger partial charge on any atom is -0.325 e. The van der Waals surface area contributed by atoms with Crippen LogP contribution in [0.25, 0.3) is 23.1 Å². The van der Waals surface area contributed by atoms with Gasteiger partial charge in [0.25, 0.3) is 0 Å². The second kappa shape index (κ2) is 5.33. The van der Waals surface area contributed by atoms with Crippen molar-refractivity contribution in [2.24, 2.45) is 0 Å². The standard InChI is InChI=1S/C15H18NP/c1-3-5-10-14-12(8-4-2)13-9-6-7-11-15(13)16(14)17/h4-11H,3,17H2,1-2H3/b8-4-,10-5-. The summed E-state index contributed by atoms with van der Waals surface area (Å²) in [5, 5.41) is 1.30. The second-order valence-electron chi connectivity index (χ2n) is 4.00. The zero-order valence-electron chi connectivity index (χ0n) is 10.4. The van der Waals surface area contributed by atoms with Crippen LogP contribution in [-0.2, 0) is 0 Å². The molecule has 2 rings (SSSR count). The van der Waals surface area contributed by atoms with Crippen LogP contribution in [0.5, 0.6) is 0 Å². The molecule has 1 atom stereocenters. The first-order chi connectivity index (χ1) is 8.29. The predicted molar refractivity (Wildman–Crippen MR) is 81.1 cm³/mol. The lowest BCUT2D eigenvalue weighted by Crippen LogP contribution is -1.83. The molecule has 1 aromatic carbocycles. The molecule has 0 amide bonds. The highest BCUT2D eigenvalue weighted by molar-refractivity contribution is 7.15. The smallest absolute Gasteiger partial charge is 0.0521 e. The van der Waals surface area contributed by atoms with Crippen molar-refractivity contribution in [2.45, 2.75) is 20.3 Å². The average molecular weight is 243 g/mol. The van der Waals surface area contributed by atoms with Crippen LogP contribution < -0.4 is 0 Å². The zero-order valence-corrected chi connectivity index (χ0v) is 11.5. The minimum absolute atomic E-state index is 1.06. The van der Waals surface area contributed by atoms with Gasteiger partial charge in [0.1, 0.15) is 0 Å². The number of fused-ring (bicyclic) bond motifs is 1. The highest BCUT2D eigenvalue weighted by atomic mass is 31.0. The van der Waals surface area contributed by atoms with E-state index in [1.807, 2.05) is 0 Å². The summed E-state index contributed by atoms with van der Waals surface area (Å²) in [4.78, 5) is 0. The second-order valence-corrected chi connectivity index (χ2v) is 4.51. The maximum Gasteiger partial charge on any atom is 0.0521 e. The Morgan fingerprint density at radius 1 is 1.24 bits per heavy atom. The van der Waals surface area contributed by atoms with Gasteiger partial charge in [-0.05, 0) is 34.9 Å². The minimum atomic E-state index is 1.06. The number of benzene rings is 1. The van der Waals surface area contributed by atoms with E-state index in [4.69, 9.17) is 0 Å². The van der Waals surface area contributed by atoms with Crippen LogP contribution in [0.15, 0.2) is 36.4 Å². The van der Waals surface area contributed by atoms with Gasteiger partial charge in [-0.15, -0.1) is 0 Å². The third-order valence-electron chi connectivity index (χ3n) is 2.83. The number of hydrogen-bond donors (Lipinski definition) is 0. The molecule has 0 aliphatic heterocycles. The highest BCUT2D eigenvalue weighted by Crippen LogP contribution is 2.30. The number of allylic oxidation sites excluding steroid dienone is 2. The van der Waals surface area contributed by atoms with Gasteiger partial charge in [0, 0.05) is 10.9 Å². The summed E-state index contributed by atoms with van der Waals surface area (Å²) in [5.74, 6) is 0. The average Bonchev–Trinajstić information content (AvgIpc) is 2.62. The Morgan fingerprint density at radius 2 is 2.00 bits per heavy atom. The molecule has 0 aliphatic carbocycles. The SMILES string of the molecule is C/C=C\c1c(/C=C\CC)n(P)c2ccccc12. The molecule has 0 N–H and O–H groups in total. The van der Waals surface area contributed by atoms with Crippen molar-refractivity contribution in [1.82, 2.24) is 4.34 Å². The molecule has 0 saturated heterocycles. The summed E-state index contributed by atoms with van der Waals surface area (Å²) in [7, 11) is 2.80. The maximum atomic E-state index is 2.80. The quantitative estimate of drug-likeness (QED) is 0.686. The fourth-order valence-electron chi connectivity index (χ4n) is 2.05. The lowest BCUT2D eigenvalue weighted by Gasteiger charge is -1.99. The molecular formula is C15H18NP. The van der Waals surface area contributed by atoms with Gasteiger partial charge in [0.05, 0.1) is 11.2 Å². The monoisotopic (exact) mass is 243 g/mol. The van der Waals surface area contributed by atoms with Gasteiger partial charge in [-0.3, -0.25) is 0 Å². The van der Waals surface area contributed by atoms with Crippen molar-refractivity contribution in [1.29, 1.82) is 0 Å². The van der Waals surface area contributed by atoms with Crippen LogP contribution in [-0.4, -0.2) is 4.34 Å².